The summed E-state index contributed by atoms with van der Waals surface area (Å²) in [6.45, 7) is 0. The molecule has 0 aromatic heterocycles. The number of carbonyl (C=O) groups is 3. The fourth-order valence-electron chi connectivity index (χ4n) is 1.67. The molecule has 15 heavy (non-hydrogen) atoms. The van der Waals surface area contributed by atoms with Crippen LogP contribution >= 0.6 is 0 Å². The first-order chi connectivity index (χ1) is 6.97. The normalized spacial score (nSPS) is 27.5. The quantitative estimate of drug-likeness (QED) is 0.612. The number of methoxy groups -OCH3 is 1. The lowest BCUT2D eigenvalue weighted by molar-refractivity contribution is -0.157. The maximum atomic E-state index is 11.3. The third kappa shape index (κ3) is 2.33. The lowest BCUT2D eigenvalue weighted by Crippen LogP contribution is -2.54. The van der Waals surface area contributed by atoms with E-state index < -0.39 is 24.0 Å². The average Bonchev–Trinajstić information content (AvgIpc) is 2.19. The topological polar surface area (TPSA) is 83.9 Å². The van der Waals surface area contributed by atoms with Crippen LogP contribution in [0.2, 0.25) is 0 Å². The molecule has 1 aliphatic rings. The number of Topliss-reactive ketones (excluding diaryl/α,β-unsaturated/α-hetero) is 1. The summed E-state index contributed by atoms with van der Waals surface area (Å²) in [6.07, 6.45) is -0.0354. The van der Waals surface area contributed by atoms with Crippen LogP contribution in [-0.2, 0) is 19.1 Å². The van der Waals surface area contributed by atoms with Gasteiger partial charge in [-0.1, -0.05) is 0 Å². The number of likely N-dealkylation sites (N-methyl/N-ethyl adjacent to an activating group) is 1. The number of nitrogens with zero attached hydrogens (tertiary/aromatic N) is 1. The number of ether oxygens (including phenoxy) is 1. The van der Waals surface area contributed by atoms with E-state index in [0.717, 1.165) is 0 Å². The van der Waals surface area contributed by atoms with Crippen molar-refractivity contribution in [3.05, 3.63) is 0 Å². The Hall–Kier alpha value is -1.43. The highest BCUT2D eigenvalue weighted by Crippen LogP contribution is 2.19. The van der Waals surface area contributed by atoms with Crippen molar-refractivity contribution in [3.63, 3.8) is 0 Å². The lowest BCUT2D eigenvalue weighted by atomic mass is 9.95. The molecule has 1 fully saturated rings. The van der Waals surface area contributed by atoms with Gasteiger partial charge in [-0.15, -0.1) is 0 Å². The minimum Gasteiger partial charge on any atom is -0.480 e. The molecule has 84 valence electrons. The molecule has 6 heteroatoms. The number of esters is 1. The van der Waals surface area contributed by atoms with Crippen molar-refractivity contribution < 1.29 is 24.2 Å². The predicted molar refractivity (Wildman–Crippen MR) is 49.2 cm³/mol. The van der Waals surface area contributed by atoms with Crippen molar-refractivity contribution in [1.82, 2.24) is 4.90 Å². The van der Waals surface area contributed by atoms with Crippen molar-refractivity contribution in [3.8, 4) is 0 Å². The van der Waals surface area contributed by atoms with Crippen LogP contribution in [0.3, 0.4) is 0 Å². The van der Waals surface area contributed by atoms with Crippen molar-refractivity contribution in [2.45, 2.75) is 24.9 Å². The molecule has 0 amide bonds. The van der Waals surface area contributed by atoms with E-state index in [1.807, 2.05) is 0 Å². The van der Waals surface area contributed by atoms with Gasteiger partial charge in [-0.3, -0.25) is 19.3 Å². The van der Waals surface area contributed by atoms with Gasteiger partial charge in [-0.05, 0) is 7.05 Å². The van der Waals surface area contributed by atoms with Crippen LogP contribution in [0.4, 0.5) is 0 Å². The van der Waals surface area contributed by atoms with E-state index in [4.69, 9.17) is 5.11 Å². The van der Waals surface area contributed by atoms with Crippen LogP contribution in [0.15, 0.2) is 0 Å². The van der Waals surface area contributed by atoms with Gasteiger partial charge in [0.05, 0.1) is 7.11 Å². The number of carbonyl (C=O) groups excluding carboxylic acids is 2. The minimum atomic E-state index is -1.10. The summed E-state index contributed by atoms with van der Waals surface area (Å²) >= 11 is 0. The summed E-state index contributed by atoms with van der Waals surface area (Å²) < 4.78 is 4.51. The van der Waals surface area contributed by atoms with E-state index in [9.17, 15) is 14.4 Å². The van der Waals surface area contributed by atoms with Crippen LogP contribution in [0, 0.1) is 0 Å². The number of carboxylic acid groups (broad SMARTS) is 1. The maximum absolute atomic E-state index is 11.3. The van der Waals surface area contributed by atoms with Crippen molar-refractivity contribution in [1.29, 1.82) is 0 Å². The number of ketones is 1. The van der Waals surface area contributed by atoms with E-state index in [1.54, 1.807) is 0 Å². The molecular weight excluding hydrogens is 202 g/mol. The molecule has 6 nitrogen and oxygen atoms in total. The number of hydrogen-bond acceptors (Lipinski definition) is 5. The van der Waals surface area contributed by atoms with Gasteiger partial charge in [-0.2, -0.15) is 0 Å². The summed E-state index contributed by atoms with van der Waals surface area (Å²) in [5.74, 6) is -1.90. The largest absolute Gasteiger partial charge is 0.480 e. The molecule has 0 aliphatic carbocycles. The highest BCUT2D eigenvalue weighted by molar-refractivity contribution is 5.92. The summed E-state index contributed by atoms with van der Waals surface area (Å²) in [6, 6.07) is -1.72. The van der Waals surface area contributed by atoms with Crippen molar-refractivity contribution >= 4 is 17.7 Å². The molecule has 0 radical (unpaired) electrons. The van der Waals surface area contributed by atoms with E-state index >= 15 is 0 Å². The predicted octanol–water partition coefficient (Wildman–Crippen LogP) is -0.724. The van der Waals surface area contributed by atoms with Gasteiger partial charge < -0.3 is 9.84 Å². The van der Waals surface area contributed by atoms with Gasteiger partial charge in [0.25, 0.3) is 0 Å². The van der Waals surface area contributed by atoms with Gasteiger partial charge in [0.15, 0.2) is 0 Å². The minimum absolute atomic E-state index is 0.0208. The van der Waals surface area contributed by atoms with E-state index in [-0.39, 0.29) is 18.6 Å². The Morgan fingerprint density at radius 3 is 2.40 bits per heavy atom. The SMILES string of the molecule is COC(=O)C1CC(=O)CC(C(=O)O)N1C. The summed E-state index contributed by atoms with van der Waals surface area (Å²) in [5.41, 5.74) is 0. The number of piperidine rings is 1. The second-order valence-electron chi connectivity index (χ2n) is 3.51. The number of likely N-dealkylation sites (tertiary alicyclic amines) is 1. The van der Waals surface area contributed by atoms with Gasteiger partial charge >= 0.3 is 11.9 Å². The third-order valence-corrected chi connectivity index (χ3v) is 2.58. The molecule has 1 rings (SSSR count). The van der Waals surface area contributed by atoms with Gasteiger partial charge in [0.1, 0.15) is 17.9 Å². The highest BCUT2D eigenvalue weighted by Gasteiger charge is 2.40. The van der Waals surface area contributed by atoms with Gasteiger partial charge in [0.2, 0.25) is 0 Å². The second-order valence-corrected chi connectivity index (χ2v) is 3.51. The van der Waals surface area contributed by atoms with Crippen LogP contribution in [-0.4, -0.2) is 54.0 Å². The monoisotopic (exact) mass is 215 g/mol. The zero-order valence-electron chi connectivity index (χ0n) is 8.60. The van der Waals surface area contributed by atoms with Crippen molar-refractivity contribution in [2.24, 2.45) is 0 Å². The Balaban J connectivity index is 2.85. The first kappa shape index (κ1) is 11.6. The molecule has 2 unspecified atom stereocenters. The molecule has 0 bridgehead atoms. The van der Waals surface area contributed by atoms with E-state index in [0.29, 0.717) is 0 Å². The molecule has 0 aromatic rings. The molecule has 1 heterocycles. The summed E-state index contributed by atoms with van der Waals surface area (Å²) in [5, 5.41) is 8.85. The van der Waals surface area contributed by atoms with Crippen LogP contribution in [0.5, 0.6) is 0 Å². The summed E-state index contributed by atoms with van der Waals surface area (Å²) in [7, 11) is 2.72. The third-order valence-electron chi connectivity index (χ3n) is 2.58. The molecular formula is C9H13NO5. The fourth-order valence-corrected chi connectivity index (χ4v) is 1.67. The Bertz CT molecular complexity index is 301. The number of carboxylic acids is 1. The lowest BCUT2D eigenvalue weighted by Gasteiger charge is -2.34. The Kier molecular flexibility index (Phi) is 3.41. The smallest absolute Gasteiger partial charge is 0.323 e. The highest BCUT2D eigenvalue weighted by atomic mass is 16.5. The molecule has 2 atom stereocenters. The molecule has 1 saturated heterocycles. The zero-order valence-corrected chi connectivity index (χ0v) is 8.60. The van der Waals surface area contributed by atoms with E-state index in [1.165, 1.54) is 19.1 Å². The number of rotatable bonds is 2. The standard InChI is InChI=1S/C9H13NO5/c1-10-6(8(12)13)3-5(11)4-7(10)9(14)15-2/h6-7H,3-4H2,1-2H3,(H,12,13). The van der Waals surface area contributed by atoms with Crippen LogP contribution in [0.1, 0.15) is 12.8 Å². The Morgan fingerprint density at radius 2 is 1.93 bits per heavy atom. The first-order valence-electron chi connectivity index (χ1n) is 4.51. The first-order valence-corrected chi connectivity index (χ1v) is 4.51. The molecule has 0 saturated carbocycles. The fraction of sp³-hybridized carbons (Fsp3) is 0.667. The van der Waals surface area contributed by atoms with Crippen molar-refractivity contribution in [2.75, 3.05) is 14.2 Å². The maximum Gasteiger partial charge on any atom is 0.323 e. The average molecular weight is 215 g/mol. The van der Waals surface area contributed by atoms with Gasteiger partial charge in [0, 0.05) is 12.8 Å². The van der Waals surface area contributed by atoms with E-state index in [2.05, 4.69) is 4.74 Å². The zero-order chi connectivity index (χ0) is 11.6. The molecule has 0 spiro atoms. The Morgan fingerprint density at radius 1 is 1.40 bits per heavy atom. The number of aliphatic carboxylic acids is 1. The van der Waals surface area contributed by atoms with Gasteiger partial charge in [-0.25, -0.2) is 0 Å². The van der Waals surface area contributed by atoms with Crippen LogP contribution in [0.25, 0.3) is 0 Å². The molecule has 1 aliphatic heterocycles. The van der Waals surface area contributed by atoms with Crippen LogP contribution < -0.4 is 0 Å². The second kappa shape index (κ2) is 4.39. The number of hydrogen-bond donors (Lipinski definition) is 1. The molecule has 1 N–H and O–H groups in total. The molecule has 0 aromatic carbocycles. The summed E-state index contributed by atoms with van der Waals surface area (Å²) in [4.78, 5) is 34.7. The Labute approximate surface area is 86.8 Å².